The van der Waals surface area contributed by atoms with Gasteiger partial charge in [0.25, 0.3) is 11.5 Å². The van der Waals surface area contributed by atoms with Crippen molar-refractivity contribution in [1.29, 1.82) is 0 Å². The molecule has 0 unspecified atom stereocenters. The van der Waals surface area contributed by atoms with Gasteiger partial charge in [0.05, 0.1) is 11.9 Å². The van der Waals surface area contributed by atoms with Crippen molar-refractivity contribution in [1.82, 2.24) is 30.9 Å². The number of nitrogens with two attached hydrogens (primary N) is 1. The summed E-state index contributed by atoms with van der Waals surface area (Å²) >= 11 is 0. The highest BCUT2D eigenvalue weighted by Crippen LogP contribution is 2.19. The maximum absolute atomic E-state index is 12.9. The third-order valence-corrected chi connectivity index (χ3v) is 7.91. The standard InChI is InChI=1S/C33H38N8O12/c1-2-14-41(15-13-18-16-35-27-26(18)29(47)40-33(34)39-27)19-5-3-17(4-6-19)28(46)38-22(32(52)53)8-11-24(43)36-20(30(48)49)7-10-23(42)37-21(31(50)51)9-12-25(44)45/h1,3-6,16,20-22H,7-15H2,(H,36,43)(H,37,42)(H,38,46)(H,44,45)(H,48,49)(H,50,51)(H,52,53)(H4,34,35,39,40,47)/t20-,21-,22-/m0/s1. The summed E-state index contributed by atoms with van der Waals surface area (Å²) in [7, 11) is 0. The SMILES string of the molecule is C#CCN(CCc1c[nH]c2nc(N)[nH]c(=O)c12)c1ccc(C(=O)N[C@@H](CCC(=O)N[C@@H](CCC(=O)N[C@@H](CCC(=O)O)C(=O)O)C(=O)O)C(=O)O)cc1. The average Bonchev–Trinajstić information content (AvgIpc) is 3.51. The Balaban J connectivity index is 1.54. The Morgan fingerprint density at radius 3 is 1.87 bits per heavy atom. The molecule has 1 aromatic carbocycles. The van der Waals surface area contributed by atoms with Gasteiger partial charge in [0.15, 0.2) is 0 Å². The van der Waals surface area contributed by atoms with E-state index in [1.807, 2.05) is 4.90 Å². The quantitative estimate of drug-likeness (QED) is 0.0602. The Kier molecular flexibility index (Phi) is 14.5. The largest absolute Gasteiger partial charge is 0.481 e. The van der Waals surface area contributed by atoms with Crippen LogP contribution in [0.2, 0.25) is 0 Å². The van der Waals surface area contributed by atoms with E-state index in [-0.39, 0.29) is 18.1 Å². The zero-order chi connectivity index (χ0) is 39.2. The van der Waals surface area contributed by atoms with Crippen LogP contribution >= 0.6 is 0 Å². The fraction of sp³-hybridized carbons (Fsp3) is 0.364. The molecule has 0 aliphatic carbocycles. The number of nitrogens with one attached hydrogen (secondary N) is 5. The summed E-state index contributed by atoms with van der Waals surface area (Å²) in [6.45, 7) is 0.569. The number of fused-ring (bicyclic) bond motifs is 1. The van der Waals surface area contributed by atoms with Gasteiger partial charge in [-0.2, -0.15) is 4.98 Å². The third-order valence-electron chi connectivity index (χ3n) is 7.91. The molecule has 2 heterocycles. The van der Waals surface area contributed by atoms with Crippen LogP contribution in [0.5, 0.6) is 0 Å². The van der Waals surface area contributed by atoms with Gasteiger partial charge < -0.3 is 52.0 Å². The Morgan fingerprint density at radius 1 is 0.830 bits per heavy atom. The van der Waals surface area contributed by atoms with Gasteiger partial charge in [0, 0.05) is 43.3 Å². The topological polar surface area (TPSA) is 327 Å². The smallest absolute Gasteiger partial charge is 0.326 e. The molecule has 0 fully saturated rings. The lowest BCUT2D eigenvalue weighted by molar-refractivity contribution is -0.144. The van der Waals surface area contributed by atoms with E-state index < -0.39 is 104 Å². The molecule has 282 valence electrons. The number of terminal acetylenes is 1. The second-order valence-electron chi connectivity index (χ2n) is 11.7. The van der Waals surface area contributed by atoms with Gasteiger partial charge in [0.2, 0.25) is 17.8 Å². The summed E-state index contributed by atoms with van der Waals surface area (Å²) in [4.78, 5) is 107. The third kappa shape index (κ3) is 12.1. The first kappa shape index (κ1) is 40.5. The maximum Gasteiger partial charge on any atom is 0.326 e. The van der Waals surface area contributed by atoms with Crippen LogP contribution in [0.3, 0.4) is 0 Å². The van der Waals surface area contributed by atoms with Gasteiger partial charge in [-0.3, -0.25) is 29.0 Å². The van der Waals surface area contributed by atoms with Crippen LogP contribution in [0.1, 0.15) is 54.4 Å². The van der Waals surface area contributed by atoms with Crippen LogP contribution < -0.4 is 32.1 Å². The normalized spacial score (nSPS) is 12.4. The molecule has 0 aliphatic rings. The summed E-state index contributed by atoms with van der Waals surface area (Å²) in [6.07, 6.45) is 4.76. The molecule has 0 bridgehead atoms. The molecule has 0 aliphatic heterocycles. The number of rotatable bonds is 21. The van der Waals surface area contributed by atoms with Gasteiger partial charge in [-0.15, -0.1) is 6.42 Å². The van der Waals surface area contributed by atoms with Crippen LogP contribution in [0.4, 0.5) is 11.6 Å². The van der Waals surface area contributed by atoms with Crippen molar-refractivity contribution in [3.63, 3.8) is 0 Å². The molecule has 3 aromatic rings. The van der Waals surface area contributed by atoms with Gasteiger partial charge in [-0.25, -0.2) is 14.4 Å². The maximum atomic E-state index is 12.9. The average molecular weight is 739 g/mol. The number of nitrogens with zero attached hydrogens (tertiary/aromatic N) is 2. The Bertz CT molecular complexity index is 1950. The summed E-state index contributed by atoms with van der Waals surface area (Å²) < 4.78 is 0. The van der Waals surface area contributed by atoms with Crippen molar-refractivity contribution in [3.05, 3.63) is 51.9 Å². The minimum atomic E-state index is -1.60. The van der Waals surface area contributed by atoms with Crippen molar-refractivity contribution in [2.45, 2.75) is 63.1 Å². The lowest BCUT2D eigenvalue weighted by Gasteiger charge is -2.22. The number of carboxylic acids is 4. The van der Waals surface area contributed by atoms with Gasteiger partial charge in [-0.05, 0) is 55.5 Å². The number of carbonyl (C=O) groups is 7. The number of hydrogen-bond acceptors (Lipinski definition) is 11. The van der Waals surface area contributed by atoms with E-state index in [4.69, 9.17) is 22.4 Å². The van der Waals surface area contributed by atoms with Crippen LogP contribution in [0.25, 0.3) is 11.0 Å². The number of nitrogen functional groups attached to an aromatic ring is 1. The second kappa shape index (κ2) is 18.9. The van der Waals surface area contributed by atoms with Gasteiger partial charge in [0.1, 0.15) is 23.8 Å². The van der Waals surface area contributed by atoms with E-state index in [0.29, 0.717) is 35.2 Å². The molecule has 20 nitrogen and oxygen atoms in total. The van der Waals surface area contributed by atoms with Crippen molar-refractivity contribution < 1.29 is 54.0 Å². The first-order chi connectivity index (χ1) is 25.1. The van der Waals surface area contributed by atoms with E-state index in [1.165, 1.54) is 12.1 Å². The fourth-order valence-electron chi connectivity index (χ4n) is 5.17. The lowest BCUT2D eigenvalue weighted by Crippen LogP contribution is -2.45. The number of H-pyrrole nitrogens is 2. The van der Waals surface area contributed by atoms with E-state index >= 15 is 0 Å². The van der Waals surface area contributed by atoms with Crippen LogP contribution in [0, 0.1) is 12.3 Å². The van der Waals surface area contributed by atoms with Crippen molar-refractivity contribution in [3.8, 4) is 12.3 Å². The molecule has 0 spiro atoms. The van der Waals surface area contributed by atoms with E-state index in [9.17, 15) is 48.6 Å². The number of carboxylic acid groups (broad SMARTS) is 4. The zero-order valence-electron chi connectivity index (χ0n) is 28.1. The van der Waals surface area contributed by atoms with Crippen LogP contribution in [-0.4, -0.2) is 108 Å². The highest BCUT2D eigenvalue weighted by molar-refractivity contribution is 5.97. The Hall–Kier alpha value is -6.91. The van der Waals surface area contributed by atoms with Crippen LogP contribution in [-0.2, 0) is 35.2 Å². The highest BCUT2D eigenvalue weighted by atomic mass is 16.4. The lowest BCUT2D eigenvalue weighted by atomic mass is 10.1. The fourth-order valence-corrected chi connectivity index (χ4v) is 5.17. The van der Waals surface area contributed by atoms with E-state index in [0.717, 1.165) is 0 Å². The van der Waals surface area contributed by atoms with Crippen LogP contribution in [0.15, 0.2) is 35.3 Å². The number of aromatic nitrogens is 3. The second-order valence-corrected chi connectivity index (χ2v) is 11.7. The number of hydrogen-bond donors (Lipinski definition) is 10. The Morgan fingerprint density at radius 2 is 1.36 bits per heavy atom. The number of aromatic amines is 2. The number of benzene rings is 1. The predicted molar refractivity (Wildman–Crippen MR) is 186 cm³/mol. The minimum absolute atomic E-state index is 0.0241. The molecule has 2 aromatic heterocycles. The summed E-state index contributed by atoms with van der Waals surface area (Å²) in [5.74, 6) is -5.75. The predicted octanol–water partition coefficient (Wildman–Crippen LogP) is -0.737. The van der Waals surface area contributed by atoms with Crippen molar-refractivity contribution in [2.24, 2.45) is 0 Å². The van der Waals surface area contributed by atoms with Crippen molar-refractivity contribution in [2.75, 3.05) is 23.7 Å². The molecule has 3 amide bonds. The number of anilines is 2. The van der Waals surface area contributed by atoms with E-state index in [1.54, 1.807) is 18.3 Å². The molecule has 0 radical (unpaired) electrons. The molecule has 20 heteroatoms. The number of aliphatic carboxylic acids is 4. The monoisotopic (exact) mass is 738 g/mol. The van der Waals surface area contributed by atoms with E-state index in [2.05, 4.69) is 36.8 Å². The molecule has 3 rings (SSSR count). The van der Waals surface area contributed by atoms with Gasteiger partial charge >= 0.3 is 23.9 Å². The molecular formula is C33H38N8O12. The first-order valence-corrected chi connectivity index (χ1v) is 16.0. The Labute approximate surface area is 300 Å². The molecule has 3 atom stereocenters. The minimum Gasteiger partial charge on any atom is -0.481 e. The molecule has 11 N–H and O–H groups in total. The molecule has 53 heavy (non-hydrogen) atoms. The summed E-state index contributed by atoms with van der Waals surface area (Å²) in [5, 5.41) is 44.0. The molecular weight excluding hydrogens is 700 g/mol. The summed E-state index contributed by atoms with van der Waals surface area (Å²) in [5.41, 5.74) is 6.96. The molecule has 0 saturated heterocycles. The number of carbonyl (C=O) groups excluding carboxylic acids is 3. The first-order valence-electron chi connectivity index (χ1n) is 16.0. The highest BCUT2D eigenvalue weighted by Gasteiger charge is 2.26. The summed E-state index contributed by atoms with van der Waals surface area (Å²) in [6, 6.07) is 1.44. The van der Waals surface area contributed by atoms with Crippen molar-refractivity contribution >= 4 is 64.3 Å². The zero-order valence-corrected chi connectivity index (χ0v) is 28.1. The van der Waals surface area contributed by atoms with Gasteiger partial charge in [-0.1, -0.05) is 5.92 Å². The molecule has 0 saturated carbocycles. The number of amides is 3.